The van der Waals surface area contributed by atoms with Crippen LogP contribution < -0.4 is 9.47 Å². The van der Waals surface area contributed by atoms with Crippen molar-refractivity contribution in [3.8, 4) is 11.5 Å². The average molecular weight is 421 g/mol. The summed E-state index contributed by atoms with van der Waals surface area (Å²) in [7, 11) is 3.16. The van der Waals surface area contributed by atoms with E-state index in [9.17, 15) is 4.79 Å². The van der Waals surface area contributed by atoms with Crippen molar-refractivity contribution in [2.75, 3.05) is 20.8 Å². The molecule has 3 rings (SSSR count). The largest absolute Gasteiger partial charge is 0.496 e. The van der Waals surface area contributed by atoms with Gasteiger partial charge in [-0.3, -0.25) is 4.79 Å². The molecule has 0 bridgehead atoms. The summed E-state index contributed by atoms with van der Waals surface area (Å²) in [5, 5.41) is 0. The third-order valence-electron chi connectivity index (χ3n) is 5.00. The molecule has 162 valence electrons. The van der Waals surface area contributed by atoms with Crippen LogP contribution in [0.25, 0.3) is 0 Å². The maximum Gasteiger partial charge on any atom is 0.153 e. The molecule has 0 saturated heterocycles. The molecule has 0 saturated carbocycles. The second-order valence-corrected chi connectivity index (χ2v) is 7.04. The first-order chi connectivity index (χ1) is 15.3. The van der Waals surface area contributed by atoms with Crippen LogP contribution in [-0.2, 0) is 35.7 Å². The highest BCUT2D eigenvalue weighted by Gasteiger charge is 2.19. The SMILES string of the molecule is COc1cc(C=O)c(OC)c(CCOCc2ccccc2)c1COCc1ccccc1. The van der Waals surface area contributed by atoms with Crippen molar-refractivity contribution < 1.29 is 23.7 Å². The fourth-order valence-electron chi connectivity index (χ4n) is 3.47. The summed E-state index contributed by atoms with van der Waals surface area (Å²) in [6.07, 6.45) is 1.35. The molecule has 0 aliphatic carbocycles. The fourth-order valence-corrected chi connectivity index (χ4v) is 3.47. The number of aldehydes is 1. The summed E-state index contributed by atoms with van der Waals surface area (Å²) in [4.78, 5) is 11.6. The predicted molar refractivity (Wildman–Crippen MR) is 120 cm³/mol. The van der Waals surface area contributed by atoms with Gasteiger partial charge in [0.05, 0.1) is 46.2 Å². The maximum atomic E-state index is 11.6. The zero-order chi connectivity index (χ0) is 21.9. The third-order valence-corrected chi connectivity index (χ3v) is 5.00. The molecule has 0 amide bonds. The van der Waals surface area contributed by atoms with E-state index >= 15 is 0 Å². The second kappa shape index (κ2) is 11.9. The van der Waals surface area contributed by atoms with E-state index in [1.54, 1.807) is 20.3 Å². The lowest BCUT2D eigenvalue weighted by Crippen LogP contribution is -2.09. The Kier molecular flexibility index (Phi) is 8.64. The summed E-state index contributed by atoms with van der Waals surface area (Å²) >= 11 is 0. The van der Waals surface area contributed by atoms with Crippen molar-refractivity contribution in [3.63, 3.8) is 0 Å². The van der Waals surface area contributed by atoms with Crippen LogP contribution in [0.1, 0.15) is 32.6 Å². The van der Waals surface area contributed by atoms with Crippen molar-refractivity contribution in [3.05, 3.63) is 94.5 Å². The summed E-state index contributed by atoms with van der Waals surface area (Å²) < 4.78 is 23.0. The molecule has 0 aromatic heterocycles. The maximum absolute atomic E-state index is 11.6. The smallest absolute Gasteiger partial charge is 0.153 e. The molecular formula is C26H28O5. The first-order valence-electron chi connectivity index (χ1n) is 10.2. The summed E-state index contributed by atoms with van der Waals surface area (Å²) in [6, 6.07) is 21.7. The Bertz CT molecular complexity index is 955. The van der Waals surface area contributed by atoms with Crippen molar-refractivity contribution in [1.29, 1.82) is 0 Å². The van der Waals surface area contributed by atoms with Gasteiger partial charge in [-0.05, 0) is 23.6 Å². The molecule has 0 spiro atoms. The Labute approximate surface area is 183 Å². The van der Waals surface area contributed by atoms with E-state index in [0.717, 1.165) is 28.5 Å². The Morgan fingerprint density at radius 1 is 0.742 bits per heavy atom. The van der Waals surface area contributed by atoms with Gasteiger partial charge in [-0.25, -0.2) is 0 Å². The van der Waals surface area contributed by atoms with E-state index in [0.29, 0.717) is 49.9 Å². The molecule has 0 radical (unpaired) electrons. The Hall–Kier alpha value is -3.15. The molecule has 5 nitrogen and oxygen atoms in total. The van der Waals surface area contributed by atoms with Crippen LogP contribution in [0.2, 0.25) is 0 Å². The third kappa shape index (κ3) is 6.17. The summed E-state index contributed by atoms with van der Waals surface area (Å²) in [5.74, 6) is 1.14. The minimum Gasteiger partial charge on any atom is -0.496 e. The van der Waals surface area contributed by atoms with Gasteiger partial charge in [-0.15, -0.1) is 0 Å². The molecular weight excluding hydrogens is 392 g/mol. The standard InChI is InChI=1S/C26H28O5/c1-28-25-15-22(16-27)26(29-2)23(13-14-30-17-20-9-5-3-6-10-20)24(25)19-31-18-21-11-7-4-8-12-21/h3-12,15-16H,13-14,17-19H2,1-2H3. The zero-order valence-electron chi connectivity index (χ0n) is 18.0. The van der Waals surface area contributed by atoms with E-state index in [-0.39, 0.29) is 0 Å². The van der Waals surface area contributed by atoms with Crippen LogP contribution in [0.5, 0.6) is 11.5 Å². The molecule has 0 aliphatic rings. The lowest BCUT2D eigenvalue weighted by Gasteiger charge is -2.19. The highest BCUT2D eigenvalue weighted by molar-refractivity contribution is 5.82. The minimum absolute atomic E-state index is 0.335. The molecule has 0 heterocycles. The lowest BCUT2D eigenvalue weighted by atomic mass is 9.99. The first kappa shape index (κ1) is 22.5. The number of ether oxygens (including phenoxy) is 4. The lowest BCUT2D eigenvalue weighted by molar-refractivity contribution is 0.102. The summed E-state index contributed by atoms with van der Waals surface area (Å²) in [6.45, 7) is 1.81. The molecule has 5 heteroatoms. The molecule has 0 unspecified atom stereocenters. The van der Waals surface area contributed by atoms with Gasteiger partial charge in [0.25, 0.3) is 0 Å². The fraction of sp³-hybridized carbons (Fsp3) is 0.269. The molecule has 0 atom stereocenters. The number of carbonyl (C=O) groups is 1. The van der Waals surface area contributed by atoms with Crippen molar-refractivity contribution in [2.45, 2.75) is 26.2 Å². The van der Waals surface area contributed by atoms with Crippen LogP contribution >= 0.6 is 0 Å². The molecule has 3 aromatic rings. The second-order valence-electron chi connectivity index (χ2n) is 7.04. The Morgan fingerprint density at radius 3 is 1.90 bits per heavy atom. The van der Waals surface area contributed by atoms with E-state index in [2.05, 4.69) is 0 Å². The van der Waals surface area contributed by atoms with E-state index in [4.69, 9.17) is 18.9 Å². The molecule has 31 heavy (non-hydrogen) atoms. The minimum atomic E-state index is 0.335. The Balaban J connectivity index is 1.76. The van der Waals surface area contributed by atoms with Crippen LogP contribution in [0.15, 0.2) is 66.7 Å². The topological polar surface area (TPSA) is 54.0 Å². The highest BCUT2D eigenvalue weighted by atomic mass is 16.5. The van der Waals surface area contributed by atoms with Gasteiger partial charge in [-0.2, -0.15) is 0 Å². The van der Waals surface area contributed by atoms with E-state index in [1.165, 1.54) is 0 Å². The van der Waals surface area contributed by atoms with Gasteiger partial charge in [0.2, 0.25) is 0 Å². The summed E-state index contributed by atoms with van der Waals surface area (Å²) in [5.41, 5.74) is 4.38. The van der Waals surface area contributed by atoms with Crippen LogP contribution in [-0.4, -0.2) is 27.1 Å². The van der Waals surface area contributed by atoms with Gasteiger partial charge in [0.1, 0.15) is 11.5 Å². The average Bonchev–Trinajstić information content (AvgIpc) is 2.83. The van der Waals surface area contributed by atoms with Crippen molar-refractivity contribution in [1.82, 2.24) is 0 Å². The van der Waals surface area contributed by atoms with Crippen LogP contribution in [0.4, 0.5) is 0 Å². The zero-order valence-corrected chi connectivity index (χ0v) is 18.0. The Morgan fingerprint density at radius 2 is 1.35 bits per heavy atom. The number of methoxy groups -OCH3 is 2. The highest BCUT2D eigenvalue weighted by Crippen LogP contribution is 2.35. The van der Waals surface area contributed by atoms with Crippen LogP contribution in [0.3, 0.4) is 0 Å². The number of hydrogen-bond acceptors (Lipinski definition) is 5. The molecule has 0 fully saturated rings. The van der Waals surface area contributed by atoms with Gasteiger partial charge in [0, 0.05) is 11.1 Å². The first-order valence-corrected chi connectivity index (χ1v) is 10.2. The number of carbonyl (C=O) groups excluding carboxylic acids is 1. The van der Waals surface area contributed by atoms with Crippen molar-refractivity contribution in [2.24, 2.45) is 0 Å². The molecule has 0 N–H and O–H groups in total. The van der Waals surface area contributed by atoms with Gasteiger partial charge in [-0.1, -0.05) is 60.7 Å². The van der Waals surface area contributed by atoms with Gasteiger partial charge in [0.15, 0.2) is 6.29 Å². The van der Waals surface area contributed by atoms with E-state index < -0.39 is 0 Å². The van der Waals surface area contributed by atoms with Crippen LogP contribution in [0, 0.1) is 0 Å². The predicted octanol–water partition coefficient (Wildman–Crippen LogP) is 4.99. The molecule has 0 aliphatic heterocycles. The molecule has 3 aromatic carbocycles. The van der Waals surface area contributed by atoms with Gasteiger partial charge < -0.3 is 18.9 Å². The number of rotatable bonds is 12. The quantitative estimate of drug-likeness (QED) is 0.305. The monoisotopic (exact) mass is 420 g/mol. The van der Waals surface area contributed by atoms with Crippen molar-refractivity contribution >= 4 is 6.29 Å². The number of benzene rings is 3. The van der Waals surface area contributed by atoms with E-state index in [1.807, 2.05) is 60.7 Å². The van der Waals surface area contributed by atoms with Gasteiger partial charge >= 0.3 is 0 Å². The number of hydrogen-bond donors (Lipinski definition) is 0. The normalized spacial score (nSPS) is 10.6.